The summed E-state index contributed by atoms with van der Waals surface area (Å²) in [6.45, 7) is 0.471. The molecule has 4 rings (SSSR count). The van der Waals surface area contributed by atoms with Crippen molar-refractivity contribution in [2.24, 2.45) is 11.3 Å². The van der Waals surface area contributed by atoms with Crippen molar-refractivity contribution in [1.82, 2.24) is 19.8 Å². The van der Waals surface area contributed by atoms with Gasteiger partial charge in [-0.2, -0.15) is 0 Å². The summed E-state index contributed by atoms with van der Waals surface area (Å²) in [4.78, 5) is 35.9. The van der Waals surface area contributed by atoms with Crippen LogP contribution in [0.1, 0.15) is 36.3 Å². The Bertz CT molecular complexity index is 695. The molecule has 1 aromatic rings. The molecule has 1 atom stereocenters. The minimum absolute atomic E-state index is 0.0136. The van der Waals surface area contributed by atoms with E-state index in [1.807, 2.05) is 0 Å². The van der Waals surface area contributed by atoms with Crippen LogP contribution in [0.15, 0.2) is 18.5 Å². The predicted octanol–water partition coefficient (Wildman–Crippen LogP) is 1.59. The van der Waals surface area contributed by atoms with Crippen LogP contribution in [0.5, 0.6) is 0 Å². The van der Waals surface area contributed by atoms with E-state index in [-0.39, 0.29) is 18.3 Å². The van der Waals surface area contributed by atoms with Crippen LogP contribution >= 0.6 is 0 Å². The lowest BCUT2D eigenvalue weighted by Gasteiger charge is -2.42. The van der Waals surface area contributed by atoms with Crippen molar-refractivity contribution in [3.63, 3.8) is 0 Å². The number of hydrogen-bond acceptors (Lipinski definition) is 4. The maximum absolute atomic E-state index is 14.4. The maximum Gasteiger partial charge on any atom is 0.291 e. The molecular formula is C17H20F2N4O2. The summed E-state index contributed by atoms with van der Waals surface area (Å²) in [6, 6.07) is 1.55. The first kappa shape index (κ1) is 16.4. The van der Waals surface area contributed by atoms with Crippen molar-refractivity contribution in [3.8, 4) is 0 Å². The molecule has 1 unspecified atom stereocenters. The molecule has 0 N–H and O–H groups in total. The molecule has 8 heteroatoms. The number of carbonyl (C=O) groups is 2. The van der Waals surface area contributed by atoms with Crippen LogP contribution in [-0.4, -0.2) is 63.7 Å². The molecule has 2 amide bonds. The zero-order valence-electron chi connectivity index (χ0n) is 13.8. The van der Waals surface area contributed by atoms with E-state index in [1.54, 1.807) is 11.0 Å². The molecule has 1 saturated carbocycles. The van der Waals surface area contributed by atoms with E-state index < -0.39 is 30.2 Å². The van der Waals surface area contributed by atoms with Gasteiger partial charge in [0.25, 0.3) is 11.8 Å². The van der Waals surface area contributed by atoms with Gasteiger partial charge in [0.1, 0.15) is 0 Å². The van der Waals surface area contributed by atoms with Gasteiger partial charge in [-0.05, 0) is 31.2 Å². The van der Waals surface area contributed by atoms with E-state index in [9.17, 15) is 18.4 Å². The molecule has 0 bridgehead atoms. The zero-order valence-corrected chi connectivity index (χ0v) is 13.8. The number of hydrogen-bond donors (Lipinski definition) is 0. The van der Waals surface area contributed by atoms with Gasteiger partial charge in [-0.1, -0.05) is 0 Å². The number of carbonyl (C=O) groups excluding carboxylic acids is 2. The van der Waals surface area contributed by atoms with Gasteiger partial charge >= 0.3 is 0 Å². The molecule has 0 aromatic carbocycles. The highest BCUT2D eigenvalue weighted by Gasteiger charge is 2.58. The minimum atomic E-state index is -3.09. The number of rotatable bonds is 3. The molecule has 3 fully saturated rings. The van der Waals surface area contributed by atoms with Crippen molar-refractivity contribution in [2.45, 2.75) is 31.6 Å². The van der Waals surface area contributed by atoms with Gasteiger partial charge in [-0.3, -0.25) is 9.59 Å². The summed E-state index contributed by atoms with van der Waals surface area (Å²) in [6.07, 6.45) is 4.88. The van der Waals surface area contributed by atoms with Gasteiger partial charge in [0.15, 0.2) is 0 Å². The van der Waals surface area contributed by atoms with Gasteiger partial charge in [0.2, 0.25) is 11.7 Å². The molecular weight excluding hydrogens is 330 g/mol. The Balaban J connectivity index is 1.57. The summed E-state index contributed by atoms with van der Waals surface area (Å²) in [5.74, 6) is -3.57. The third-order valence-corrected chi connectivity index (χ3v) is 5.33. The van der Waals surface area contributed by atoms with E-state index in [2.05, 4.69) is 9.97 Å². The van der Waals surface area contributed by atoms with Crippen LogP contribution in [0, 0.1) is 11.3 Å². The Labute approximate surface area is 144 Å². The first-order chi connectivity index (χ1) is 11.9. The van der Waals surface area contributed by atoms with Gasteiger partial charge in [-0.25, -0.2) is 18.7 Å². The normalized spacial score (nSPS) is 28.6. The number of alkyl halides is 2. The Morgan fingerprint density at radius 3 is 2.64 bits per heavy atom. The average Bonchev–Trinajstić information content (AvgIpc) is 3.36. The molecule has 2 saturated heterocycles. The molecule has 6 nitrogen and oxygen atoms in total. The second kappa shape index (κ2) is 5.71. The lowest BCUT2D eigenvalue weighted by atomic mass is 9.77. The zero-order chi connectivity index (χ0) is 17.7. The van der Waals surface area contributed by atoms with Crippen LogP contribution in [-0.2, 0) is 4.79 Å². The molecule has 1 spiro atoms. The average molecular weight is 350 g/mol. The molecule has 25 heavy (non-hydrogen) atoms. The van der Waals surface area contributed by atoms with Crippen LogP contribution in [0.2, 0.25) is 0 Å². The molecule has 134 valence electrons. The summed E-state index contributed by atoms with van der Waals surface area (Å²) < 4.78 is 28.8. The highest BCUT2D eigenvalue weighted by atomic mass is 19.3. The van der Waals surface area contributed by atoms with Crippen LogP contribution in [0.4, 0.5) is 8.78 Å². The van der Waals surface area contributed by atoms with E-state index in [0.29, 0.717) is 25.4 Å². The molecule has 1 aliphatic carbocycles. The second-order valence-corrected chi connectivity index (χ2v) is 7.49. The number of piperidine rings is 1. The Morgan fingerprint density at radius 2 is 1.96 bits per heavy atom. The van der Waals surface area contributed by atoms with E-state index in [1.165, 1.54) is 12.4 Å². The van der Waals surface area contributed by atoms with Crippen LogP contribution < -0.4 is 0 Å². The first-order valence-corrected chi connectivity index (χ1v) is 8.62. The molecule has 3 aliphatic rings. The van der Waals surface area contributed by atoms with Gasteiger partial charge < -0.3 is 9.80 Å². The summed E-state index contributed by atoms with van der Waals surface area (Å²) in [5.41, 5.74) is -1.18. The van der Waals surface area contributed by atoms with E-state index in [0.717, 1.165) is 17.7 Å². The number of amides is 2. The van der Waals surface area contributed by atoms with E-state index in [4.69, 9.17) is 0 Å². The summed E-state index contributed by atoms with van der Waals surface area (Å²) >= 11 is 0. The number of aromatic nitrogens is 2. The SMILES string of the molecule is O=C(c1ncccn1)N1CC(F)(F)CC2(CCN(CC3CC3)C2=O)C1. The lowest BCUT2D eigenvalue weighted by molar-refractivity contribution is -0.151. The van der Waals surface area contributed by atoms with Crippen molar-refractivity contribution < 1.29 is 18.4 Å². The first-order valence-electron chi connectivity index (χ1n) is 8.62. The number of nitrogens with zero attached hydrogens (tertiary/aromatic N) is 4. The highest BCUT2D eigenvalue weighted by molar-refractivity contribution is 5.92. The molecule has 0 radical (unpaired) electrons. The Kier molecular flexibility index (Phi) is 3.73. The van der Waals surface area contributed by atoms with Gasteiger partial charge in [0, 0.05) is 38.4 Å². The highest BCUT2D eigenvalue weighted by Crippen LogP contribution is 2.46. The van der Waals surface area contributed by atoms with Gasteiger partial charge in [-0.15, -0.1) is 0 Å². The fraction of sp³-hybridized carbons (Fsp3) is 0.647. The summed E-state index contributed by atoms with van der Waals surface area (Å²) in [5, 5.41) is 0. The van der Waals surface area contributed by atoms with Crippen molar-refractivity contribution >= 4 is 11.8 Å². The summed E-state index contributed by atoms with van der Waals surface area (Å²) in [7, 11) is 0. The van der Waals surface area contributed by atoms with Gasteiger partial charge in [0.05, 0.1) is 12.0 Å². The number of likely N-dealkylation sites (tertiary alicyclic amines) is 2. The maximum atomic E-state index is 14.4. The van der Waals surface area contributed by atoms with Crippen LogP contribution in [0.25, 0.3) is 0 Å². The van der Waals surface area contributed by atoms with Crippen molar-refractivity contribution in [2.75, 3.05) is 26.2 Å². The lowest BCUT2D eigenvalue weighted by Crippen LogP contribution is -2.57. The van der Waals surface area contributed by atoms with E-state index >= 15 is 0 Å². The molecule has 2 aliphatic heterocycles. The number of halogens is 2. The Hall–Kier alpha value is -2.12. The smallest absolute Gasteiger partial charge is 0.291 e. The third kappa shape index (κ3) is 3.09. The minimum Gasteiger partial charge on any atom is -0.342 e. The molecule has 1 aromatic heterocycles. The van der Waals surface area contributed by atoms with Crippen LogP contribution in [0.3, 0.4) is 0 Å². The fourth-order valence-electron chi connectivity index (χ4n) is 3.99. The Morgan fingerprint density at radius 1 is 1.24 bits per heavy atom. The molecule has 3 heterocycles. The van der Waals surface area contributed by atoms with Crippen molar-refractivity contribution in [3.05, 3.63) is 24.3 Å². The third-order valence-electron chi connectivity index (χ3n) is 5.33. The standard InChI is InChI=1S/C17H20F2N4O2/c18-17(19)9-16(4-7-22(15(16)25)8-12-2-3-12)10-23(11-17)14(24)13-20-5-1-6-21-13/h1,5-6,12H,2-4,7-11H2. The van der Waals surface area contributed by atoms with Crippen molar-refractivity contribution in [1.29, 1.82) is 0 Å². The fourth-order valence-corrected chi connectivity index (χ4v) is 3.99. The second-order valence-electron chi connectivity index (χ2n) is 7.49. The topological polar surface area (TPSA) is 66.4 Å². The monoisotopic (exact) mass is 350 g/mol. The predicted molar refractivity (Wildman–Crippen MR) is 83.9 cm³/mol. The largest absolute Gasteiger partial charge is 0.342 e. The quantitative estimate of drug-likeness (QED) is 0.830.